The zero-order valence-electron chi connectivity index (χ0n) is 12.2. The van der Waals surface area contributed by atoms with Crippen LogP contribution in [0.3, 0.4) is 0 Å². The van der Waals surface area contributed by atoms with Crippen molar-refractivity contribution >= 4 is 5.97 Å². The molecule has 1 fully saturated rings. The van der Waals surface area contributed by atoms with Crippen molar-refractivity contribution in [2.45, 2.75) is 38.9 Å². The first-order chi connectivity index (χ1) is 9.46. The summed E-state index contributed by atoms with van der Waals surface area (Å²) in [7, 11) is 0. The van der Waals surface area contributed by atoms with Crippen LogP contribution in [0.5, 0.6) is 0 Å². The molecule has 0 radical (unpaired) electrons. The lowest BCUT2D eigenvalue weighted by atomic mass is 10.0. The zero-order valence-corrected chi connectivity index (χ0v) is 12.2. The average Bonchev–Trinajstić information content (AvgIpc) is 2.84. The summed E-state index contributed by atoms with van der Waals surface area (Å²) < 4.78 is 10.9. The van der Waals surface area contributed by atoms with Gasteiger partial charge in [-0.05, 0) is 39.3 Å². The van der Waals surface area contributed by atoms with Crippen LogP contribution in [0.15, 0.2) is 30.3 Å². The van der Waals surface area contributed by atoms with E-state index >= 15 is 0 Å². The van der Waals surface area contributed by atoms with Crippen molar-refractivity contribution in [2.75, 3.05) is 6.61 Å². The highest BCUT2D eigenvalue weighted by molar-refractivity contribution is 5.76. The Labute approximate surface area is 120 Å². The van der Waals surface area contributed by atoms with Crippen molar-refractivity contribution in [1.82, 2.24) is 0 Å². The van der Waals surface area contributed by atoms with Gasteiger partial charge in [0.05, 0.1) is 5.92 Å². The smallest absolute Gasteiger partial charge is 0.337 e. The van der Waals surface area contributed by atoms with Crippen molar-refractivity contribution in [3.8, 4) is 11.8 Å². The van der Waals surface area contributed by atoms with Gasteiger partial charge in [-0.25, -0.2) is 4.79 Å². The maximum absolute atomic E-state index is 12.1. The Kier molecular flexibility index (Phi) is 4.46. The minimum Gasteiger partial charge on any atom is -0.458 e. The standard InChI is InChI=1S/C17H20O3/c1-17(2,3)20-16(18)15-14(11-12-19-15)10-9-13-7-5-4-6-8-13/h4-8,14-15H,11-12H2,1-3H3/t14-,15+/m0/s1. The van der Waals surface area contributed by atoms with Gasteiger partial charge in [0, 0.05) is 12.2 Å². The van der Waals surface area contributed by atoms with E-state index in [9.17, 15) is 4.79 Å². The Hall–Kier alpha value is -1.79. The summed E-state index contributed by atoms with van der Waals surface area (Å²) in [6.45, 7) is 6.11. The molecule has 2 atom stereocenters. The lowest BCUT2D eigenvalue weighted by molar-refractivity contribution is -0.166. The lowest BCUT2D eigenvalue weighted by Gasteiger charge is -2.22. The van der Waals surface area contributed by atoms with E-state index in [0.717, 1.165) is 12.0 Å². The Bertz CT molecular complexity index is 517. The Morgan fingerprint density at radius 3 is 2.65 bits per heavy atom. The highest BCUT2D eigenvalue weighted by atomic mass is 16.6. The fourth-order valence-corrected chi connectivity index (χ4v) is 2.03. The van der Waals surface area contributed by atoms with E-state index in [1.165, 1.54) is 0 Å². The normalized spacial score (nSPS) is 21.9. The first-order valence-electron chi connectivity index (χ1n) is 6.87. The second kappa shape index (κ2) is 6.11. The van der Waals surface area contributed by atoms with Crippen LogP contribution in [0, 0.1) is 17.8 Å². The number of esters is 1. The summed E-state index contributed by atoms with van der Waals surface area (Å²) in [5, 5.41) is 0. The van der Waals surface area contributed by atoms with Crippen molar-refractivity contribution < 1.29 is 14.3 Å². The summed E-state index contributed by atoms with van der Waals surface area (Å²) >= 11 is 0. The Balaban J connectivity index is 2.05. The third kappa shape index (κ3) is 4.11. The van der Waals surface area contributed by atoms with Gasteiger partial charge in [0.2, 0.25) is 0 Å². The van der Waals surface area contributed by atoms with Crippen LogP contribution >= 0.6 is 0 Å². The van der Waals surface area contributed by atoms with E-state index in [4.69, 9.17) is 9.47 Å². The molecule has 1 aliphatic rings. The van der Waals surface area contributed by atoms with Crippen LogP contribution in [-0.4, -0.2) is 24.3 Å². The first-order valence-corrected chi connectivity index (χ1v) is 6.87. The van der Waals surface area contributed by atoms with Crippen molar-refractivity contribution in [1.29, 1.82) is 0 Å². The van der Waals surface area contributed by atoms with Gasteiger partial charge in [-0.3, -0.25) is 0 Å². The second-order valence-corrected chi connectivity index (χ2v) is 5.86. The average molecular weight is 272 g/mol. The van der Waals surface area contributed by atoms with Crippen molar-refractivity contribution in [3.05, 3.63) is 35.9 Å². The number of hydrogen-bond acceptors (Lipinski definition) is 3. The van der Waals surface area contributed by atoms with Gasteiger partial charge < -0.3 is 9.47 Å². The maximum atomic E-state index is 12.1. The van der Waals surface area contributed by atoms with Gasteiger partial charge in [0.1, 0.15) is 5.60 Å². The van der Waals surface area contributed by atoms with E-state index in [1.807, 2.05) is 51.1 Å². The molecule has 106 valence electrons. The minimum absolute atomic E-state index is 0.0925. The quantitative estimate of drug-likeness (QED) is 0.582. The summed E-state index contributed by atoms with van der Waals surface area (Å²) in [6.07, 6.45) is 0.203. The molecule has 20 heavy (non-hydrogen) atoms. The Morgan fingerprint density at radius 1 is 1.30 bits per heavy atom. The minimum atomic E-state index is -0.564. The van der Waals surface area contributed by atoms with E-state index in [1.54, 1.807) is 0 Å². The van der Waals surface area contributed by atoms with Crippen LogP contribution < -0.4 is 0 Å². The van der Waals surface area contributed by atoms with Gasteiger partial charge >= 0.3 is 5.97 Å². The molecule has 1 aliphatic heterocycles. The molecule has 0 amide bonds. The number of ether oxygens (including phenoxy) is 2. The molecule has 0 aromatic heterocycles. The highest BCUT2D eigenvalue weighted by Gasteiger charge is 2.36. The van der Waals surface area contributed by atoms with Gasteiger partial charge in [-0.1, -0.05) is 30.0 Å². The third-order valence-electron chi connectivity index (χ3n) is 2.91. The molecule has 1 aromatic rings. The number of carbonyl (C=O) groups excluding carboxylic acids is 1. The summed E-state index contributed by atoms with van der Waals surface area (Å²) in [5.74, 6) is 5.83. The van der Waals surface area contributed by atoms with Crippen LogP contribution in [0.2, 0.25) is 0 Å². The van der Waals surface area contributed by atoms with E-state index in [-0.39, 0.29) is 11.9 Å². The van der Waals surface area contributed by atoms with Gasteiger partial charge in [-0.2, -0.15) is 0 Å². The highest BCUT2D eigenvalue weighted by Crippen LogP contribution is 2.23. The molecule has 0 spiro atoms. The maximum Gasteiger partial charge on any atom is 0.337 e. The Morgan fingerprint density at radius 2 is 2.00 bits per heavy atom. The second-order valence-electron chi connectivity index (χ2n) is 5.86. The van der Waals surface area contributed by atoms with Gasteiger partial charge in [0.25, 0.3) is 0 Å². The molecular formula is C17H20O3. The predicted octanol–water partition coefficient (Wildman–Crippen LogP) is 2.78. The molecule has 2 rings (SSSR count). The van der Waals surface area contributed by atoms with Gasteiger partial charge in [-0.15, -0.1) is 0 Å². The number of hydrogen-bond donors (Lipinski definition) is 0. The molecule has 0 N–H and O–H groups in total. The molecule has 1 saturated heterocycles. The third-order valence-corrected chi connectivity index (χ3v) is 2.91. The fraction of sp³-hybridized carbons (Fsp3) is 0.471. The van der Waals surface area contributed by atoms with E-state index in [2.05, 4.69) is 11.8 Å². The molecule has 1 aromatic carbocycles. The SMILES string of the molecule is CC(C)(C)OC(=O)[C@@H]1OCC[C@@H]1C#Cc1ccccc1. The topological polar surface area (TPSA) is 35.5 Å². The zero-order chi connectivity index (χ0) is 14.6. The van der Waals surface area contributed by atoms with E-state index < -0.39 is 11.7 Å². The number of benzene rings is 1. The number of rotatable bonds is 1. The predicted molar refractivity (Wildman–Crippen MR) is 77.0 cm³/mol. The largest absolute Gasteiger partial charge is 0.458 e. The van der Waals surface area contributed by atoms with Crippen LogP contribution in [0.1, 0.15) is 32.8 Å². The molecule has 0 saturated carbocycles. The molecule has 3 nitrogen and oxygen atoms in total. The monoisotopic (exact) mass is 272 g/mol. The van der Waals surface area contributed by atoms with Gasteiger partial charge in [0.15, 0.2) is 6.10 Å². The van der Waals surface area contributed by atoms with Crippen LogP contribution in [0.25, 0.3) is 0 Å². The number of carbonyl (C=O) groups is 1. The van der Waals surface area contributed by atoms with Crippen LogP contribution in [0.4, 0.5) is 0 Å². The lowest BCUT2D eigenvalue weighted by Crippen LogP contribution is -2.34. The first kappa shape index (κ1) is 14.6. The molecule has 0 unspecified atom stereocenters. The van der Waals surface area contributed by atoms with Crippen molar-refractivity contribution in [3.63, 3.8) is 0 Å². The molecule has 0 aliphatic carbocycles. The summed E-state index contributed by atoms with van der Waals surface area (Å²) in [5.41, 5.74) is 0.447. The van der Waals surface area contributed by atoms with E-state index in [0.29, 0.717) is 6.61 Å². The molecule has 0 bridgehead atoms. The fourth-order valence-electron chi connectivity index (χ4n) is 2.03. The molecule has 3 heteroatoms. The van der Waals surface area contributed by atoms with Crippen molar-refractivity contribution in [2.24, 2.45) is 5.92 Å². The van der Waals surface area contributed by atoms with Crippen LogP contribution in [-0.2, 0) is 14.3 Å². The summed E-state index contributed by atoms with van der Waals surface area (Å²) in [4.78, 5) is 12.1. The molecular weight excluding hydrogens is 252 g/mol. The summed E-state index contributed by atoms with van der Waals surface area (Å²) in [6, 6.07) is 9.74. The molecule has 1 heterocycles.